The van der Waals surface area contributed by atoms with E-state index in [4.69, 9.17) is 0 Å². The zero-order valence-electron chi connectivity index (χ0n) is 11.2. The van der Waals surface area contributed by atoms with Gasteiger partial charge in [-0.25, -0.2) is 0 Å². The summed E-state index contributed by atoms with van der Waals surface area (Å²) >= 11 is 0. The number of fused-ring (bicyclic) bond motifs is 1. The van der Waals surface area contributed by atoms with Crippen molar-refractivity contribution in [3.8, 4) is 0 Å². The Morgan fingerprint density at radius 2 is 2.24 bits per heavy atom. The first kappa shape index (κ1) is 12.7. The monoisotopic (exact) mass is 235 g/mol. The van der Waals surface area contributed by atoms with Crippen LogP contribution in [0.4, 0.5) is 0 Å². The van der Waals surface area contributed by atoms with Crippen molar-refractivity contribution in [2.24, 2.45) is 22.4 Å². The number of hydrogen-bond acceptors (Lipinski definition) is 2. The van der Waals surface area contributed by atoms with Gasteiger partial charge in [-0.05, 0) is 25.2 Å². The van der Waals surface area contributed by atoms with Gasteiger partial charge in [0.15, 0.2) is 0 Å². The minimum Gasteiger partial charge on any atom is -0.411 e. The maximum absolute atomic E-state index is 9.23. The van der Waals surface area contributed by atoms with Gasteiger partial charge in [-0.15, -0.1) is 0 Å². The summed E-state index contributed by atoms with van der Waals surface area (Å²) in [6, 6.07) is 0. The number of unbranched alkanes of at least 4 members (excludes halogenated alkanes) is 3. The molecule has 3 atom stereocenters. The van der Waals surface area contributed by atoms with E-state index in [0.717, 1.165) is 12.1 Å². The lowest BCUT2D eigenvalue weighted by molar-refractivity contribution is 0.129. The van der Waals surface area contributed by atoms with Gasteiger partial charge in [-0.1, -0.05) is 56.8 Å². The van der Waals surface area contributed by atoms with Crippen molar-refractivity contribution in [2.45, 2.75) is 58.8 Å². The fraction of sp³-hybridized carbons (Fsp3) is 0.800. The first-order valence-corrected chi connectivity index (χ1v) is 7.15. The molecule has 2 aliphatic rings. The van der Waals surface area contributed by atoms with Gasteiger partial charge in [0, 0.05) is 11.3 Å². The summed E-state index contributed by atoms with van der Waals surface area (Å²) in [7, 11) is 0. The molecule has 0 amide bonds. The highest BCUT2D eigenvalue weighted by molar-refractivity contribution is 5.98. The molecule has 0 aliphatic heterocycles. The molecule has 17 heavy (non-hydrogen) atoms. The first-order chi connectivity index (χ1) is 8.26. The summed E-state index contributed by atoms with van der Waals surface area (Å²) in [6.07, 6.45) is 13.4. The number of rotatable bonds is 5. The van der Waals surface area contributed by atoms with Gasteiger partial charge in [0.25, 0.3) is 0 Å². The third kappa shape index (κ3) is 2.02. The van der Waals surface area contributed by atoms with Crippen molar-refractivity contribution in [1.82, 2.24) is 0 Å². The van der Waals surface area contributed by atoms with Gasteiger partial charge in [-0.3, -0.25) is 0 Å². The van der Waals surface area contributed by atoms with Crippen molar-refractivity contribution in [3.63, 3.8) is 0 Å². The van der Waals surface area contributed by atoms with Gasteiger partial charge in [0.05, 0.1) is 5.71 Å². The number of nitrogens with zero attached hydrogens (tertiary/aromatic N) is 1. The molecule has 1 fully saturated rings. The molecule has 0 aromatic heterocycles. The summed E-state index contributed by atoms with van der Waals surface area (Å²) in [5.74, 6) is 1.08. The molecule has 0 radical (unpaired) electrons. The Kier molecular flexibility index (Phi) is 3.90. The Labute approximate surface area is 105 Å². The first-order valence-electron chi connectivity index (χ1n) is 7.15. The Hall–Kier alpha value is -0.790. The van der Waals surface area contributed by atoms with E-state index < -0.39 is 0 Å². The maximum atomic E-state index is 9.23. The second-order valence-corrected chi connectivity index (χ2v) is 5.73. The summed E-state index contributed by atoms with van der Waals surface area (Å²) in [4.78, 5) is 0. The highest BCUT2D eigenvalue weighted by Gasteiger charge is 2.56. The quantitative estimate of drug-likeness (QED) is 0.326. The van der Waals surface area contributed by atoms with E-state index >= 15 is 0 Å². The second-order valence-electron chi connectivity index (χ2n) is 5.73. The van der Waals surface area contributed by atoms with Gasteiger partial charge in [0.2, 0.25) is 0 Å². The zero-order valence-corrected chi connectivity index (χ0v) is 11.2. The lowest BCUT2D eigenvalue weighted by atomic mass is 9.48. The highest BCUT2D eigenvalue weighted by atomic mass is 16.4. The topological polar surface area (TPSA) is 32.6 Å². The van der Waals surface area contributed by atoms with Crippen LogP contribution in [0, 0.1) is 17.3 Å². The van der Waals surface area contributed by atoms with Crippen molar-refractivity contribution < 1.29 is 5.21 Å². The minimum atomic E-state index is 0.219. The minimum absolute atomic E-state index is 0.219. The van der Waals surface area contributed by atoms with Crippen LogP contribution in [-0.2, 0) is 0 Å². The van der Waals surface area contributed by atoms with Gasteiger partial charge >= 0.3 is 0 Å². The van der Waals surface area contributed by atoms with E-state index in [0.29, 0.717) is 11.8 Å². The molecule has 0 bridgehead atoms. The van der Waals surface area contributed by atoms with Crippen molar-refractivity contribution in [2.75, 3.05) is 0 Å². The molecular weight excluding hydrogens is 210 g/mol. The van der Waals surface area contributed by atoms with Crippen LogP contribution in [-0.4, -0.2) is 10.9 Å². The summed E-state index contributed by atoms with van der Waals surface area (Å²) in [6.45, 7) is 4.44. The van der Waals surface area contributed by atoms with Crippen LogP contribution in [0.15, 0.2) is 17.3 Å². The molecular formula is C15H25NO. The fourth-order valence-electron chi connectivity index (χ4n) is 3.88. The maximum Gasteiger partial charge on any atom is 0.0672 e. The van der Waals surface area contributed by atoms with E-state index in [1.807, 2.05) is 0 Å². The van der Waals surface area contributed by atoms with Crippen LogP contribution in [0.1, 0.15) is 58.8 Å². The Morgan fingerprint density at radius 1 is 1.41 bits per heavy atom. The normalized spacial score (nSPS) is 37.9. The average Bonchev–Trinajstić information content (AvgIpc) is 2.35. The average molecular weight is 235 g/mol. The van der Waals surface area contributed by atoms with Crippen molar-refractivity contribution in [3.05, 3.63) is 12.2 Å². The number of oxime groups is 1. The van der Waals surface area contributed by atoms with Crippen LogP contribution < -0.4 is 0 Å². The molecule has 0 heterocycles. The predicted octanol–water partition coefficient (Wildman–Crippen LogP) is 4.39. The van der Waals surface area contributed by atoms with Crippen LogP contribution in [0.2, 0.25) is 0 Å². The summed E-state index contributed by atoms with van der Waals surface area (Å²) in [5.41, 5.74) is 1.29. The van der Waals surface area contributed by atoms with Gasteiger partial charge in [0.1, 0.15) is 0 Å². The second kappa shape index (κ2) is 5.24. The lowest BCUT2D eigenvalue weighted by Crippen LogP contribution is -2.56. The van der Waals surface area contributed by atoms with E-state index in [9.17, 15) is 5.21 Å². The molecule has 0 spiro atoms. The Balaban J connectivity index is 2.01. The summed E-state index contributed by atoms with van der Waals surface area (Å²) in [5, 5.41) is 12.8. The number of allylic oxidation sites excluding steroid dienone is 2. The summed E-state index contributed by atoms with van der Waals surface area (Å²) < 4.78 is 0. The smallest absolute Gasteiger partial charge is 0.0672 e. The molecule has 2 heteroatoms. The molecule has 96 valence electrons. The van der Waals surface area contributed by atoms with E-state index in [-0.39, 0.29) is 5.41 Å². The lowest BCUT2D eigenvalue weighted by Gasteiger charge is -2.55. The van der Waals surface area contributed by atoms with Crippen molar-refractivity contribution in [1.29, 1.82) is 0 Å². The fourth-order valence-corrected chi connectivity index (χ4v) is 3.88. The molecule has 0 aromatic rings. The zero-order chi connectivity index (χ0) is 12.3. The molecule has 2 aliphatic carbocycles. The largest absolute Gasteiger partial charge is 0.411 e. The van der Waals surface area contributed by atoms with E-state index in [1.165, 1.54) is 38.5 Å². The van der Waals surface area contributed by atoms with E-state index in [2.05, 4.69) is 31.2 Å². The third-order valence-electron chi connectivity index (χ3n) is 4.80. The Bertz CT molecular complexity index is 321. The Morgan fingerprint density at radius 3 is 2.94 bits per heavy atom. The van der Waals surface area contributed by atoms with E-state index in [1.54, 1.807) is 0 Å². The van der Waals surface area contributed by atoms with Gasteiger partial charge < -0.3 is 5.21 Å². The van der Waals surface area contributed by atoms with Crippen LogP contribution in [0.25, 0.3) is 0 Å². The van der Waals surface area contributed by atoms with Crippen LogP contribution >= 0.6 is 0 Å². The third-order valence-corrected chi connectivity index (χ3v) is 4.80. The van der Waals surface area contributed by atoms with Crippen LogP contribution in [0.5, 0.6) is 0 Å². The standard InChI is InChI=1S/C15H25NO/c1-3-4-5-7-10-15-11-8-6-9-13(15)12(2)14(15)16-17/h6,9,12-13,17H,3-5,7-8,10-11H2,1-2H3. The number of hydrogen-bond donors (Lipinski definition) is 1. The SMILES string of the molecule is CCCCCCC12CCC=CC1C(C)C2=NO. The van der Waals surface area contributed by atoms with Gasteiger partial charge in [-0.2, -0.15) is 0 Å². The molecule has 0 aromatic carbocycles. The van der Waals surface area contributed by atoms with Crippen molar-refractivity contribution >= 4 is 5.71 Å². The molecule has 2 nitrogen and oxygen atoms in total. The van der Waals surface area contributed by atoms with Crippen LogP contribution in [0.3, 0.4) is 0 Å². The predicted molar refractivity (Wildman–Crippen MR) is 71.4 cm³/mol. The molecule has 1 saturated carbocycles. The molecule has 3 unspecified atom stereocenters. The molecule has 1 N–H and O–H groups in total. The molecule has 0 saturated heterocycles. The highest BCUT2D eigenvalue weighted by Crippen LogP contribution is 2.57. The molecule has 2 rings (SSSR count).